The summed E-state index contributed by atoms with van der Waals surface area (Å²) < 4.78 is 1.69. The van der Waals surface area contributed by atoms with Gasteiger partial charge in [0.1, 0.15) is 5.69 Å². The zero-order valence-electron chi connectivity index (χ0n) is 16.7. The predicted molar refractivity (Wildman–Crippen MR) is 117 cm³/mol. The summed E-state index contributed by atoms with van der Waals surface area (Å²) in [5.74, 6) is 11.2. The molecule has 0 bridgehead atoms. The van der Waals surface area contributed by atoms with E-state index >= 15 is 0 Å². The standard InChI is InChI=1S/C19H19N11O2/c20-18(31)29(22)13-9-14(30(23)19(21)32)26-16(25-13)15-12-7-4-8-24-17(12)28(27-15)10-11-5-2-1-3-6-11/h1-9H,10,22-23H2,(H2,20,31)(H2,21,32). The first-order valence-corrected chi connectivity index (χ1v) is 9.28. The highest BCUT2D eigenvalue weighted by molar-refractivity contribution is 5.93. The van der Waals surface area contributed by atoms with Crippen molar-refractivity contribution in [3.8, 4) is 11.5 Å². The van der Waals surface area contributed by atoms with Crippen LogP contribution in [0.1, 0.15) is 5.56 Å². The summed E-state index contributed by atoms with van der Waals surface area (Å²) in [5, 5.41) is 6.44. The molecule has 0 radical (unpaired) electrons. The molecule has 0 unspecified atom stereocenters. The number of carbonyl (C=O) groups is 2. The van der Waals surface area contributed by atoms with Crippen molar-refractivity contribution >= 4 is 34.7 Å². The summed E-state index contributed by atoms with van der Waals surface area (Å²) >= 11 is 0. The number of nitrogens with zero attached hydrogens (tertiary/aromatic N) is 7. The molecule has 4 rings (SSSR count). The summed E-state index contributed by atoms with van der Waals surface area (Å²) in [7, 11) is 0. The van der Waals surface area contributed by atoms with E-state index < -0.39 is 12.1 Å². The van der Waals surface area contributed by atoms with Gasteiger partial charge in [-0.1, -0.05) is 30.3 Å². The number of primary amides is 2. The van der Waals surface area contributed by atoms with E-state index in [1.807, 2.05) is 30.3 Å². The predicted octanol–water partition coefficient (Wildman–Crippen LogP) is 0.454. The summed E-state index contributed by atoms with van der Waals surface area (Å²) in [6.07, 6.45) is 1.64. The van der Waals surface area contributed by atoms with Crippen molar-refractivity contribution in [3.63, 3.8) is 0 Å². The SMILES string of the molecule is NC(=O)N(N)c1cc(N(N)C(N)=O)nc(-c2nn(Cc3ccccc3)c3ncccc23)n1. The lowest BCUT2D eigenvalue weighted by atomic mass is 10.2. The maximum absolute atomic E-state index is 11.6. The van der Waals surface area contributed by atoms with Gasteiger partial charge in [-0.05, 0) is 17.7 Å². The first-order valence-electron chi connectivity index (χ1n) is 9.28. The molecule has 1 aromatic carbocycles. The van der Waals surface area contributed by atoms with E-state index in [-0.39, 0.29) is 17.5 Å². The van der Waals surface area contributed by atoms with Crippen LogP contribution in [0.5, 0.6) is 0 Å². The minimum absolute atomic E-state index is 0.0377. The zero-order valence-corrected chi connectivity index (χ0v) is 16.7. The summed E-state index contributed by atoms with van der Waals surface area (Å²) in [5.41, 5.74) is 12.4. The van der Waals surface area contributed by atoms with Crippen molar-refractivity contribution in [1.82, 2.24) is 24.7 Å². The Hall–Kier alpha value is -4.62. The molecule has 4 amide bonds. The lowest BCUT2D eigenvalue weighted by Crippen LogP contribution is -2.44. The van der Waals surface area contributed by atoms with Crippen LogP contribution >= 0.6 is 0 Å². The summed E-state index contributed by atoms with van der Waals surface area (Å²) in [6, 6.07) is 12.5. The molecule has 13 heteroatoms. The highest BCUT2D eigenvalue weighted by Crippen LogP contribution is 2.28. The zero-order chi connectivity index (χ0) is 22.8. The monoisotopic (exact) mass is 433 g/mol. The highest BCUT2D eigenvalue weighted by atomic mass is 16.2. The molecular formula is C19H19N11O2. The molecule has 13 nitrogen and oxygen atoms in total. The number of aromatic nitrogens is 5. The number of amides is 4. The van der Waals surface area contributed by atoms with Gasteiger partial charge in [0.15, 0.2) is 23.1 Å². The molecule has 0 saturated heterocycles. The van der Waals surface area contributed by atoms with Crippen molar-refractivity contribution in [2.75, 3.05) is 10.0 Å². The van der Waals surface area contributed by atoms with Crippen LogP contribution in [0.3, 0.4) is 0 Å². The molecule has 0 saturated carbocycles. The lowest BCUT2D eigenvalue weighted by molar-refractivity contribution is 0.253. The quantitative estimate of drug-likeness (QED) is 0.197. The van der Waals surface area contributed by atoms with Crippen LogP contribution in [-0.4, -0.2) is 36.8 Å². The van der Waals surface area contributed by atoms with E-state index in [4.69, 9.17) is 23.2 Å². The third kappa shape index (κ3) is 3.88. The van der Waals surface area contributed by atoms with Gasteiger partial charge in [-0.25, -0.2) is 50.9 Å². The number of rotatable bonds is 5. The largest absolute Gasteiger partial charge is 0.350 e. The van der Waals surface area contributed by atoms with Gasteiger partial charge in [-0.3, -0.25) is 0 Å². The molecule has 0 aliphatic carbocycles. The third-order valence-electron chi connectivity index (χ3n) is 4.56. The molecule has 32 heavy (non-hydrogen) atoms. The molecule has 162 valence electrons. The first kappa shape index (κ1) is 20.6. The topological polar surface area (TPSA) is 201 Å². The fraction of sp³-hybridized carbons (Fsp3) is 0.0526. The molecule has 0 aliphatic rings. The molecule has 0 aliphatic heterocycles. The van der Waals surface area contributed by atoms with Gasteiger partial charge in [-0.15, -0.1) is 0 Å². The smallest absolute Gasteiger partial charge is 0.335 e. The number of urea groups is 2. The van der Waals surface area contributed by atoms with Crippen molar-refractivity contribution in [2.24, 2.45) is 23.2 Å². The Morgan fingerprint density at radius 3 is 2.12 bits per heavy atom. The Morgan fingerprint density at radius 1 is 0.906 bits per heavy atom. The van der Waals surface area contributed by atoms with E-state index in [1.54, 1.807) is 23.0 Å². The van der Waals surface area contributed by atoms with Crippen LogP contribution in [0.2, 0.25) is 0 Å². The minimum Gasteiger partial charge on any atom is -0.350 e. The second kappa shape index (κ2) is 8.25. The van der Waals surface area contributed by atoms with Crippen LogP contribution in [0.25, 0.3) is 22.6 Å². The number of hydrogen-bond acceptors (Lipinski definition) is 8. The first-order chi connectivity index (χ1) is 15.3. The van der Waals surface area contributed by atoms with Crippen LogP contribution in [0, 0.1) is 0 Å². The Balaban J connectivity index is 1.89. The van der Waals surface area contributed by atoms with E-state index in [0.29, 0.717) is 33.3 Å². The van der Waals surface area contributed by atoms with Gasteiger partial charge in [0.2, 0.25) is 0 Å². The van der Waals surface area contributed by atoms with E-state index in [1.165, 1.54) is 6.07 Å². The normalized spacial score (nSPS) is 10.8. The molecular weight excluding hydrogens is 414 g/mol. The van der Waals surface area contributed by atoms with Gasteiger partial charge in [-0.2, -0.15) is 5.10 Å². The summed E-state index contributed by atoms with van der Waals surface area (Å²) in [6.45, 7) is 0.440. The fourth-order valence-electron chi connectivity index (χ4n) is 3.04. The van der Waals surface area contributed by atoms with Gasteiger partial charge in [0.05, 0.1) is 11.9 Å². The number of nitrogens with two attached hydrogens (primary N) is 4. The molecule has 3 aromatic heterocycles. The van der Waals surface area contributed by atoms with Crippen LogP contribution in [0.15, 0.2) is 54.7 Å². The van der Waals surface area contributed by atoms with E-state index in [2.05, 4.69) is 20.1 Å². The Bertz CT molecular complexity index is 1270. The Morgan fingerprint density at radius 2 is 1.53 bits per heavy atom. The van der Waals surface area contributed by atoms with Gasteiger partial charge in [0.25, 0.3) is 0 Å². The third-order valence-corrected chi connectivity index (χ3v) is 4.56. The van der Waals surface area contributed by atoms with Crippen molar-refractivity contribution in [3.05, 3.63) is 60.3 Å². The van der Waals surface area contributed by atoms with Crippen LogP contribution < -0.4 is 33.2 Å². The van der Waals surface area contributed by atoms with Crippen LogP contribution in [-0.2, 0) is 6.54 Å². The number of anilines is 2. The Labute approximate surface area is 181 Å². The average Bonchev–Trinajstić information content (AvgIpc) is 3.16. The number of pyridine rings is 1. The van der Waals surface area contributed by atoms with E-state index in [9.17, 15) is 9.59 Å². The van der Waals surface area contributed by atoms with Gasteiger partial charge >= 0.3 is 12.1 Å². The maximum Gasteiger partial charge on any atom is 0.335 e. The number of fused-ring (bicyclic) bond motifs is 1. The number of benzene rings is 1. The van der Waals surface area contributed by atoms with Crippen molar-refractivity contribution in [1.29, 1.82) is 0 Å². The second-order valence-corrected chi connectivity index (χ2v) is 6.69. The molecule has 0 fully saturated rings. The fourth-order valence-corrected chi connectivity index (χ4v) is 3.04. The van der Waals surface area contributed by atoms with E-state index in [0.717, 1.165) is 5.56 Å². The second-order valence-electron chi connectivity index (χ2n) is 6.69. The molecule has 0 atom stereocenters. The van der Waals surface area contributed by atoms with Gasteiger partial charge in [0, 0.05) is 12.3 Å². The molecule has 8 N–H and O–H groups in total. The molecule has 3 heterocycles. The van der Waals surface area contributed by atoms with Gasteiger partial charge < -0.3 is 11.5 Å². The van der Waals surface area contributed by atoms with Crippen LogP contribution in [0.4, 0.5) is 21.2 Å². The maximum atomic E-state index is 11.6. The summed E-state index contributed by atoms with van der Waals surface area (Å²) in [4.78, 5) is 36.2. The molecule has 0 spiro atoms. The van der Waals surface area contributed by atoms with Crippen molar-refractivity contribution < 1.29 is 9.59 Å². The number of hydrazine groups is 2. The van der Waals surface area contributed by atoms with Crippen molar-refractivity contribution in [2.45, 2.75) is 6.54 Å². The number of carbonyl (C=O) groups excluding carboxylic acids is 2. The Kier molecular flexibility index (Phi) is 5.32. The highest BCUT2D eigenvalue weighted by Gasteiger charge is 2.22. The average molecular weight is 433 g/mol. The molecule has 4 aromatic rings. The number of hydrogen-bond donors (Lipinski definition) is 4. The minimum atomic E-state index is -0.982. The lowest BCUT2D eigenvalue weighted by Gasteiger charge is -2.17.